The zero-order valence-electron chi connectivity index (χ0n) is 16.6. The van der Waals surface area contributed by atoms with Crippen molar-refractivity contribution < 1.29 is 4.79 Å². The highest BCUT2D eigenvalue weighted by atomic mass is 32.1. The molecule has 29 heavy (non-hydrogen) atoms. The molecule has 2 aromatic heterocycles. The van der Waals surface area contributed by atoms with Crippen molar-refractivity contribution in [2.45, 2.75) is 25.3 Å². The Hall–Kier alpha value is -2.38. The average Bonchev–Trinajstić information content (AvgIpc) is 3.46. The van der Waals surface area contributed by atoms with Crippen LogP contribution in [0.1, 0.15) is 30.2 Å². The quantitative estimate of drug-likeness (QED) is 0.717. The SMILES string of the molecule is O=C(CN1CCCN(c2nc3ccccc3[nH]2)CC1)N1CCCC1c1cccs1. The van der Waals surface area contributed by atoms with Gasteiger partial charge in [-0.3, -0.25) is 9.69 Å². The lowest BCUT2D eigenvalue weighted by Gasteiger charge is -2.27. The molecule has 0 aliphatic carbocycles. The number of thiophene rings is 1. The van der Waals surface area contributed by atoms with Crippen LogP contribution in [-0.2, 0) is 4.79 Å². The van der Waals surface area contributed by atoms with Crippen molar-refractivity contribution in [3.63, 3.8) is 0 Å². The Kier molecular flexibility index (Phi) is 5.24. The fraction of sp³-hybridized carbons (Fsp3) is 0.455. The number of carbonyl (C=O) groups excluding carboxylic acids is 1. The number of para-hydroxylation sites is 2. The molecule has 2 aliphatic rings. The molecule has 0 saturated carbocycles. The zero-order valence-corrected chi connectivity index (χ0v) is 17.4. The van der Waals surface area contributed by atoms with E-state index < -0.39 is 0 Å². The van der Waals surface area contributed by atoms with E-state index in [0.29, 0.717) is 6.54 Å². The van der Waals surface area contributed by atoms with Crippen molar-refractivity contribution in [3.05, 3.63) is 46.7 Å². The van der Waals surface area contributed by atoms with Gasteiger partial charge in [-0.05, 0) is 42.8 Å². The van der Waals surface area contributed by atoms with Crippen LogP contribution >= 0.6 is 11.3 Å². The molecular weight excluding hydrogens is 382 g/mol. The van der Waals surface area contributed by atoms with Gasteiger partial charge in [0.1, 0.15) is 0 Å². The van der Waals surface area contributed by atoms with E-state index in [1.807, 2.05) is 18.2 Å². The third-order valence-electron chi connectivity index (χ3n) is 6.07. The minimum atomic E-state index is 0.276. The summed E-state index contributed by atoms with van der Waals surface area (Å²) in [5, 5.41) is 2.11. The summed E-state index contributed by atoms with van der Waals surface area (Å²) in [6.07, 6.45) is 3.24. The number of amides is 1. The van der Waals surface area contributed by atoms with Gasteiger partial charge >= 0.3 is 0 Å². The van der Waals surface area contributed by atoms with Crippen LogP contribution in [0, 0.1) is 0 Å². The molecule has 0 radical (unpaired) electrons. The van der Waals surface area contributed by atoms with Gasteiger partial charge in [0.2, 0.25) is 11.9 Å². The molecule has 0 spiro atoms. The Bertz CT molecular complexity index is 936. The summed E-state index contributed by atoms with van der Waals surface area (Å²) >= 11 is 1.77. The standard InChI is InChI=1S/C22H27N5OS/c28-21(27-12-3-8-19(27)20-9-4-15-29-20)16-25-10-5-11-26(14-13-25)22-23-17-6-1-2-7-18(17)24-22/h1-2,4,6-7,9,15,19H,3,5,8,10-14,16H2,(H,23,24). The molecule has 152 valence electrons. The van der Waals surface area contributed by atoms with Crippen molar-refractivity contribution in [1.29, 1.82) is 0 Å². The van der Waals surface area contributed by atoms with Crippen LogP contribution in [0.5, 0.6) is 0 Å². The normalized spacial score (nSPS) is 21.0. The molecule has 1 amide bonds. The van der Waals surface area contributed by atoms with E-state index in [4.69, 9.17) is 4.98 Å². The second kappa shape index (κ2) is 8.16. The van der Waals surface area contributed by atoms with Crippen molar-refractivity contribution in [3.8, 4) is 0 Å². The Labute approximate surface area is 175 Å². The molecule has 0 bridgehead atoms. The first-order valence-corrected chi connectivity index (χ1v) is 11.4. The summed E-state index contributed by atoms with van der Waals surface area (Å²) in [6, 6.07) is 12.7. The zero-order chi connectivity index (χ0) is 19.6. The summed E-state index contributed by atoms with van der Waals surface area (Å²) < 4.78 is 0. The first-order chi connectivity index (χ1) is 14.3. The molecule has 1 unspecified atom stereocenters. The Morgan fingerprint density at radius 1 is 1.07 bits per heavy atom. The maximum absolute atomic E-state index is 13.1. The molecule has 2 saturated heterocycles. The van der Waals surface area contributed by atoms with Gasteiger partial charge in [0, 0.05) is 37.6 Å². The number of aromatic amines is 1. The third kappa shape index (κ3) is 3.89. The van der Waals surface area contributed by atoms with Crippen molar-refractivity contribution >= 4 is 34.2 Å². The van der Waals surface area contributed by atoms with Crippen molar-refractivity contribution in [2.75, 3.05) is 44.2 Å². The summed E-state index contributed by atoms with van der Waals surface area (Å²) in [5.41, 5.74) is 2.08. The van der Waals surface area contributed by atoms with Gasteiger partial charge in [0.25, 0.3) is 0 Å². The summed E-state index contributed by atoms with van der Waals surface area (Å²) in [4.78, 5) is 29.3. The van der Waals surface area contributed by atoms with E-state index in [0.717, 1.165) is 69.0 Å². The third-order valence-corrected chi connectivity index (χ3v) is 7.04. The molecule has 4 heterocycles. The van der Waals surface area contributed by atoms with Crippen LogP contribution in [-0.4, -0.2) is 64.9 Å². The van der Waals surface area contributed by atoms with Gasteiger partial charge < -0.3 is 14.8 Å². The molecule has 5 rings (SSSR count). The lowest BCUT2D eigenvalue weighted by molar-refractivity contribution is -0.133. The Morgan fingerprint density at radius 2 is 2.00 bits per heavy atom. The molecule has 7 heteroatoms. The smallest absolute Gasteiger partial charge is 0.237 e. The van der Waals surface area contributed by atoms with Crippen molar-refractivity contribution in [1.82, 2.24) is 19.8 Å². The number of aromatic nitrogens is 2. The molecule has 6 nitrogen and oxygen atoms in total. The fourth-order valence-corrected chi connectivity index (χ4v) is 5.43. The Morgan fingerprint density at radius 3 is 2.86 bits per heavy atom. The van der Waals surface area contributed by atoms with Crippen LogP contribution in [0.15, 0.2) is 41.8 Å². The molecule has 3 aromatic rings. The number of benzene rings is 1. The number of anilines is 1. The minimum absolute atomic E-state index is 0.276. The number of imidazole rings is 1. The van der Waals surface area contributed by atoms with Gasteiger partial charge in [0.05, 0.1) is 23.6 Å². The first-order valence-electron chi connectivity index (χ1n) is 10.5. The van der Waals surface area contributed by atoms with E-state index in [1.54, 1.807) is 11.3 Å². The van der Waals surface area contributed by atoms with Crippen LogP contribution in [0.25, 0.3) is 11.0 Å². The maximum Gasteiger partial charge on any atom is 0.237 e. The number of H-pyrrole nitrogens is 1. The summed E-state index contributed by atoms with van der Waals surface area (Å²) in [7, 11) is 0. The molecule has 1 aromatic carbocycles. The van der Waals surface area contributed by atoms with Gasteiger partial charge in [-0.1, -0.05) is 18.2 Å². The number of fused-ring (bicyclic) bond motifs is 1. The summed E-state index contributed by atoms with van der Waals surface area (Å²) in [5.74, 6) is 1.22. The van der Waals surface area contributed by atoms with Crippen LogP contribution in [0.3, 0.4) is 0 Å². The molecular formula is C22H27N5OS. The van der Waals surface area contributed by atoms with Gasteiger partial charge in [-0.2, -0.15) is 0 Å². The fourth-order valence-electron chi connectivity index (χ4n) is 4.55. The number of rotatable bonds is 4. The van der Waals surface area contributed by atoms with Crippen LogP contribution in [0.4, 0.5) is 5.95 Å². The van der Waals surface area contributed by atoms with Crippen molar-refractivity contribution in [2.24, 2.45) is 0 Å². The number of nitrogens with zero attached hydrogens (tertiary/aromatic N) is 4. The van der Waals surface area contributed by atoms with Crippen LogP contribution < -0.4 is 4.90 Å². The van der Waals surface area contributed by atoms with Crippen LogP contribution in [0.2, 0.25) is 0 Å². The summed E-state index contributed by atoms with van der Waals surface area (Å²) in [6.45, 7) is 5.12. The molecule has 2 aliphatic heterocycles. The van der Waals surface area contributed by atoms with E-state index >= 15 is 0 Å². The highest BCUT2D eigenvalue weighted by molar-refractivity contribution is 7.10. The van der Waals surface area contributed by atoms with Gasteiger partial charge in [0.15, 0.2) is 0 Å². The number of likely N-dealkylation sites (tertiary alicyclic amines) is 1. The molecule has 1 atom stereocenters. The average molecular weight is 410 g/mol. The van der Waals surface area contributed by atoms with E-state index in [1.165, 1.54) is 4.88 Å². The molecule has 1 N–H and O–H groups in total. The van der Waals surface area contributed by atoms with Gasteiger partial charge in [-0.15, -0.1) is 11.3 Å². The second-order valence-corrected chi connectivity index (χ2v) is 8.93. The van der Waals surface area contributed by atoms with E-state index in [9.17, 15) is 4.79 Å². The highest BCUT2D eigenvalue weighted by Gasteiger charge is 2.31. The number of hydrogen-bond acceptors (Lipinski definition) is 5. The molecule has 2 fully saturated rings. The monoisotopic (exact) mass is 409 g/mol. The lowest BCUT2D eigenvalue weighted by atomic mass is 10.2. The number of nitrogens with one attached hydrogen (secondary N) is 1. The highest BCUT2D eigenvalue weighted by Crippen LogP contribution is 2.34. The Balaban J connectivity index is 1.21. The number of hydrogen-bond donors (Lipinski definition) is 1. The van der Waals surface area contributed by atoms with Gasteiger partial charge in [-0.25, -0.2) is 4.98 Å². The number of carbonyl (C=O) groups is 1. The second-order valence-electron chi connectivity index (χ2n) is 7.95. The lowest BCUT2D eigenvalue weighted by Crippen LogP contribution is -2.41. The predicted molar refractivity (Wildman–Crippen MR) is 117 cm³/mol. The first kappa shape index (κ1) is 18.6. The predicted octanol–water partition coefficient (Wildman–Crippen LogP) is 3.50. The van der Waals surface area contributed by atoms with E-state index in [2.05, 4.69) is 43.3 Å². The topological polar surface area (TPSA) is 55.5 Å². The minimum Gasteiger partial charge on any atom is -0.341 e. The largest absolute Gasteiger partial charge is 0.341 e. The maximum atomic E-state index is 13.1. The van der Waals surface area contributed by atoms with E-state index in [-0.39, 0.29) is 11.9 Å².